The van der Waals surface area contributed by atoms with Gasteiger partial charge in [0.05, 0.1) is 0 Å². The smallest absolute Gasteiger partial charge is 0.112 e. The van der Waals surface area contributed by atoms with Crippen LogP contribution in [0, 0.1) is 6.54 Å². The molecule has 0 aliphatic rings. The third-order valence-corrected chi connectivity index (χ3v) is 9.14. The van der Waals surface area contributed by atoms with Crippen LogP contribution >= 0.6 is 0 Å². The van der Waals surface area contributed by atoms with Crippen LogP contribution in [0.4, 0.5) is 0 Å². The van der Waals surface area contributed by atoms with Gasteiger partial charge in [-0.2, -0.15) is 0 Å². The van der Waals surface area contributed by atoms with E-state index in [1.54, 1.807) is 0 Å². The van der Waals surface area contributed by atoms with Crippen molar-refractivity contribution in [2.45, 2.75) is 46.2 Å². The van der Waals surface area contributed by atoms with Gasteiger partial charge >= 0.3 is 0 Å². The summed E-state index contributed by atoms with van der Waals surface area (Å²) in [6.07, 6.45) is 0. The van der Waals surface area contributed by atoms with Gasteiger partial charge in [0.15, 0.2) is 0 Å². The summed E-state index contributed by atoms with van der Waals surface area (Å²) in [4.78, 5) is 0. The standard InChI is InChI=1S/C8H22NSi2/c1-8-9(10(2,3)4)11(5,6)7/h8H,1-7H3. The van der Waals surface area contributed by atoms with Gasteiger partial charge in [0, 0.05) is 6.54 Å². The molecule has 0 aromatic heterocycles. The van der Waals surface area contributed by atoms with Crippen molar-refractivity contribution in [3.63, 3.8) is 0 Å². The molecule has 0 spiro atoms. The summed E-state index contributed by atoms with van der Waals surface area (Å²) in [6.45, 7) is 18.9. The molecule has 0 saturated heterocycles. The van der Waals surface area contributed by atoms with Crippen molar-refractivity contribution in [2.75, 3.05) is 0 Å². The summed E-state index contributed by atoms with van der Waals surface area (Å²) in [5, 5.41) is 0. The van der Waals surface area contributed by atoms with E-state index < -0.39 is 16.5 Å². The molecule has 0 amide bonds. The van der Waals surface area contributed by atoms with E-state index in [0.717, 1.165) is 0 Å². The maximum Gasteiger partial charge on any atom is 0.112 e. The first-order chi connectivity index (χ1) is 4.69. The predicted molar refractivity (Wildman–Crippen MR) is 58.5 cm³/mol. The van der Waals surface area contributed by atoms with Crippen molar-refractivity contribution in [3.8, 4) is 0 Å². The normalized spacial score (nSPS) is 14.2. The highest BCUT2D eigenvalue weighted by Crippen LogP contribution is 2.20. The Bertz CT molecular complexity index is 107. The highest BCUT2D eigenvalue weighted by atomic mass is 28.4. The minimum atomic E-state index is -1.08. The lowest BCUT2D eigenvalue weighted by molar-refractivity contribution is 0.746. The molecule has 0 N–H and O–H groups in total. The van der Waals surface area contributed by atoms with E-state index in [1.807, 2.05) is 0 Å². The third-order valence-electron chi connectivity index (χ3n) is 1.70. The molecular weight excluding hydrogens is 166 g/mol. The van der Waals surface area contributed by atoms with Gasteiger partial charge in [0.2, 0.25) is 0 Å². The molecule has 0 heterocycles. The minimum Gasteiger partial charge on any atom is -0.342 e. The summed E-state index contributed by atoms with van der Waals surface area (Å²) < 4.78 is 2.65. The maximum absolute atomic E-state index is 2.65. The number of rotatable bonds is 3. The van der Waals surface area contributed by atoms with Crippen molar-refractivity contribution in [1.29, 1.82) is 0 Å². The fourth-order valence-corrected chi connectivity index (χ4v) is 11.4. The second kappa shape index (κ2) is 3.41. The molecule has 0 aromatic rings. The molecule has 0 aromatic carbocycles. The zero-order valence-corrected chi connectivity index (χ0v) is 11.0. The Hall–Kier alpha value is 0.394. The van der Waals surface area contributed by atoms with Crippen LogP contribution in [0.1, 0.15) is 6.92 Å². The van der Waals surface area contributed by atoms with Gasteiger partial charge in [0.25, 0.3) is 0 Å². The molecule has 1 nitrogen and oxygen atoms in total. The second-order valence-electron chi connectivity index (χ2n) is 4.97. The fourth-order valence-electron chi connectivity index (χ4n) is 1.78. The summed E-state index contributed by atoms with van der Waals surface area (Å²) in [5.74, 6) is 0. The van der Waals surface area contributed by atoms with E-state index in [1.165, 1.54) is 0 Å². The van der Waals surface area contributed by atoms with E-state index >= 15 is 0 Å². The van der Waals surface area contributed by atoms with Gasteiger partial charge in [-0.1, -0.05) is 39.3 Å². The third kappa shape index (κ3) is 3.53. The first-order valence-corrected chi connectivity index (χ1v) is 11.2. The van der Waals surface area contributed by atoms with Crippen molar-refractivity contribution >= 4 is 16.5 Å². The molecule has 0 aliphatic carbocycles. The molecule has 0 atom stereocenters. The van der Waals surface area contributed by atoms with Crippen molar-refractivity contribution in [1.82, 2.24) is 4.23 Å². The molecular formula is C8H22NSi2. The summed E-state index contributed by atoms with van der Waals surface area (Å²) >= 11 is 0. The lowest BCUT2D eigenvalue weighted by atomic mass is 10.8. The van der Waals surface area contributed by atoms with Crippen molar-refractivity contribution in [2.24, 2.45) is 0 Å². The minimum absolute atomic E-state index is 1.08. The molecule has 1 radical (unpaired) electrons. The van der Waals surface area contributed by atoms with Gasteiger partial charge in [-0.15, -0.1) is 0 Å². The number of hydrogen-bond donors (Lipinski definition) is 0. The van der Waals surface area contributed by atoms with Crippen LogP contribution in [0.3, 0.4) is 0 Å². The largest absolute Gasteiger partial charge is 0.342 e. The molecule has 0 fully saturated rings. The molecule has 11 heavy (non-hydrogen) atoms. The van der Waals surface area contributed by atoms with Crippen LogP contribution < -0.4 is 0 Å². The Morgan fingerprint density at radius 2 is 1.09 bits per heavy atom. The van der Waals surface area contributed by atoms with Crippen molar-refractivity contribution < 1.29 is 0 Å². The first-order valence-electron chi connectivity index (χ1n) is 4.28. The molecule has 3 heteroatoms. The summed E-state index contributed by atoms with van der Waals surface area (Å²) in [6, 6.07) is 0. The SMILES string of the molecule is C[CH]N([Si](C)(C)C)[Si](C)(C)C. The van der Waals surface area contributed by atoms with Gasteiger partial charge < -0.3 is 4.23 Å². The summed E-state index contributed by atoms with van der Waals surface area (Å²) in [5.41, 5.74) is 0. The zero-order valence-electron chi connectivity index (χ0n) is 9.02. The lowest BCUT2D eigenvalue weighted by Gasteiger charge is -2.42. The Kier molecular flexibility index (Phi) is 3.53. The maximum atomic E-state index is 2.65. The highest BCUT2D eigenvalue weighted by Gasteiger charge is 2.32. The molecule has 0 aliphatic heterocycles. The molecule has 67 valence electrons. The van der Waals surface area contributed by atoms with E-state index in [-0.39, 0.29) is 0 Å². The van der Waals surface area contributed by atoms with Crippen LogP contribution in [0.2, 0.25) is 39.3 Å². The van der Waals surface area contributed by atoms with Gasteiger partial charge in [-0.25, -0.2) is 0 Å². The Labute approximate surface area is 74.0 Å². The zero-order chi connectivity index (χ0) is 9.28. The van der Waals surface area contributed by atoms with Crippen LogP contribution in [0.15, 0.2) is 0 Å². The van der Waals surface area contributed by atoms with E-state index in [4.69, 9.17) is 0 Å². The predicted octanol–water partition coefficient (Wildman–Crippen LogP) is 3.14. The monoisotopic (exact) mass is 188 g/mol. The Morgan fingerprint density at radius 3 is 1.09 bits per heavy atom. The van der Waals surface area contributed by atoms with Crippen LogP contribution in [0.5, 0.6) is 0 Å². The van der Waals surface area contributed by atoms with Gasteiger partial charge in [-0.3, -0.25) is 0 Å². The number of hydrogen-bond acceptors (Lipinski definition) is 1. The molecule has 0 rings (SSSR count). The first kappa shape index (κ1) is 11.4. The van der Waals surface area contributed by atoms with Crippen LogP contribution in [-0.4, -0.2) is 20.7 Å². The average molecular weight is 188 g/mol. The molecule has 0 unspecified atom stereocenters. The second-order valence-corrected chi connectivity index (χ2v) is 15.1. The number of nitrogens with zero attached hydrogens (tertiary/aromatic N) is 1. The highest BCUT2D eigenvalue weighted by molar-refractivity contribution is 6.89. The quantitative estimate of drug-likeness (QED) is 0.615. The molecule has 0 saturated carbocycles. The Balaban J connectivity index is 4.43. The lowest BCUT2D eigenvalue weighted by Crippen LogP contribution is -2.56. The fraction of sp³-hybridized carbons (Fsp3) is 0.875. The van der Waals surface area contributed by atoms with Crippen LogP contribution in [-0.2, 0) is 0 Å². The average Bonchev–Trinajstić information content (AvgIpc) is 1.56. The van der Waals surface area contributed by atoms with E-state index in [2.05, 4.69) is 57.0 Å². The van der Waals surface area contributed by atoms with Crippen LogP contribution in [0.25, 0.3) is 0 Å². The van der Waals surface area contributed by atoms with Gasteiger partial charge in [-0.05, 0) is 6.92 Å². The molecule has 0 bridgehead atoms. The topological polar surface area (TPSA) is 3.24 Å². The van der Waals surface area contributed by atoms with Gasteiger partial charge in [0.1, 0.15) is 16.5 Å². The Morgan fingerprint density at radius 1 is 0.818 bits per heavy atom. The van der Waals surface area contributed by atoms with E-state index in [0.29, 0.717) is 0 Å². The van der Waals surface area contributed by atoms with E-state index in [9.17, 15) is 0 Å². The summed E-state index contributed by atoms with van der Waals surface area (Å²) in [7, 11) is -2.17. The van der Waals surface area contributed by atoms with Crippen molar-refractivity contribution in [3.05, 3.63) is 6.54 Å².